The molecule has 0 atom stereocenters. The van der Waals surface area contributed by atoms with Crippen LogP contribution < -0.4 is 11.5 Å². The Morgan fingerprint density at radius 2 is 1.60 bits per heavy atom. The highest BCUT2D eigenvalue weighted by Gasteiger charge is 2.34. The number of fused-ring (bicyclic) bond motifs is 1. The second kappa shape index (κ2) is 10.6. The Bertz CT molecular complexity index is 1270. The van der Waals surface area contributed by atoms with E-state index < -0.39 is 0 Å². The van der Waals surface area contributed by atoms with E-state index in [1.807, 2.05) is 16.7 Å². The van der Waals surface area contributed by atoms with Crippen molar-refractivity contribution in [2.45, 2.75) is 56.4 Å². The molecule has 0 radical (unpaired) electrons. The van der Waals surface area contributed by atoms with Crippen LogP contribution in [0, 0.1) is 0 Å². The molecule has 35 heavy (non-hydrogen) atoms. The Balaban J connectivity index is 0.000000164. The number of rotatable bonds is 6. The van der Waals surface area contributed by atoms with Crippen LogP contribution in [-0.4, -0.2) is 14.6 Å². The summed E-state index contributed by atoms with van der Waals surface area (Å²) in [6.45, 7) is 3.75. The Hall–Kier alpha value is -3.15. The molecule has 6 heteroatoms. The fourth-order valence-electron chi connectivity index (χ4n) is 4.62. The summed E-state index contributed by atoms with van der Waals surface area (Å²) in [6, 6.07) is 21.5. The average molecular weight is 488 g/mol. The molecule has 2 aromatic carbocycles. The molecular weight excluding hydrogens is 454 g/mol. The minimum Gasteiger partial charge on any atom is -0.398 e. The molecular formula is C29H34ClN5. The molecule has 2 fully saturated rings. The molecule has 182 valence electrons. The quantitative estimate of drug-likeness (QED) is 0.346. The van der Waals surface area contributed by atoms with Gasteiger partial charge >= 0.3 is 0 Å². The van der Waals surface area contributed by atoms with Gasteiger partial charge in [0.05, 0.1) is 0 Å². The largest absolute Gasteiger partial charge is 0.398 e. The first-order valence-electron chi connectivity index (χ1n) is 12.3. The molecule has 0 bridgehead atoms. The van der Waals surface area contributed by atoms with Crippen molar-refractivity contribution in [1.82, 2.24) is 14.6 Å². The monoisotopic (exact) mass is 487 g/mol. The summed E-state index contributed by atoms with van der Waals surface area (Å²) < 4.78 is 2.02. The van der Waals surface area contributed by atoms with Crippen LogP contribution in [0.5, 0.6) is 0 Å². The number of hydrogen-bond acceptors (Lipinski definition) is 4. The number of anilines is 1. The van der Waals surface area contributed by atoms with Gasteiger partial charge in [-0.25, -0.2) is 0 Å². The number of benzene rings is 2. The van der Waals surface area contributed by atoms with Crippen molar-refractivity contribution in [2.75, 3.05) is 5.73 Å². The molecule has 2 aliphatic rings. The zero-order valence-electron chi connectivity index (χ0n) is 20.1. The molecule has 0 unspecified atom stereocenters. The summed E-state index contributed by atoms with van der Waals surface area (Å²) in [4.78, 5) is 0. The minimum absolute atomic E-state index is 0. The minimum atomic E-state index is -0.0298. The van der Waals surface area contributed by atoms with Crippen LogP contribution in [-0.2, 0) is 18.4 Å². The summed E-state index contributed by atoms with van der Waals surface area (Å²) in [5.41, 5.74) is 18.7. The van der Waals surface area contributed by atoms with Gasteiger partial charge in [0.25, 0.3) is 0 Å². The first-order valence-corrected chi connectivity index (χ1v) is 12.3. The van der Waals surface area contributed by atoms with Crippen molar-refractivity contribution in [3.63, 3.8) is 0 Å². The topological polar surface area (TPSA) is 82.2 Å². The second-order valence-corrected chi connectivity index (χ2v) is 9.61. The lowest BCUT2D eigenvalue weighted by molar-refractivity contribution is 0.253. The van der Waals surface area contributed by atoms with Crippen LogP contribution >= 0.6 is 12.4 Å². The van der Waals surface area contributed by atoms with E-state index in [0.717, 1.165) is 42.7 Å². The number of pyridine rings is 1. The number of aromatic nitrogens is 3. The van der Waals surface area contributed by atoms with E-state index in [1.54, 1.807) is 6.08 Å². The van der Waals surface area contributed by atoms with Crippen molar-refractivity contribution in [1.29, 1.82) is 0 Å². The molecule has 0 amide bonds. The van der Waals surface area contributed by atoms with E-state index in [2.05, 4.69) is 71.4 Å². The second-order valence-electron chi connectivity index (χ2n) is 9.61. The van der Waals surface area contributed by atoms with Crippen LogP contribution in [0.1, 0.15) is 66.1 Å². The van der Waals surface area contributed by atoms with E-state index in [-0.39, 0.29) is 17.9 Å². The third-order valence-electron chi connectivity index (χ3n) is 7.14. The van der Waals surface area contributed by atoms with Gasteiger partial charge in [-0.05, 0) is 67.7 Å². The number of nitrogens with zero attached hydrogens (tertiary/aromatic N) is 3. The van der Waals surface area contributed by atoms with Gasteiger partial charge in [-0.2, -0.15) is 0 Å². The number of nitrogen functional groups attached to an aromatic ring is 1. The summed E-state index contributed by atoms with van der Waals surface area (Å²) in [7, 11) is 0. The lowest BCUT2D eigenvalue weighted by Gasteiger charge is -2.38. The molecule has 2 saturated carbocycles. The summed E-state index contributed by atoms with van der Waals surface area (Å²) in [6.07, 6.45) is 11.8. The third kappa shape index (κ3) is 5.42. The van der Waals surface area contributed by atoms with Crippen molar-refractivity contribution < 1.29 is 0 Å². The van der Waals surface area contributed by atoms with Crippen molar-refractivity contribution in [2.24, 2.45) is 5.73 Å². The Morgan fingerprint density at radius 1 is 0.943 bits per heavy atom. The van der Waals surface area contributed by atoms with E-state index in [4.69, 9.17) is 11.5 Å². The molecule has 0 spiro atoms. The van der Waals surface area contributed by atoms with Gasteiger partial charge in [0.2, 0.25) is 0 Å². The van der Waals surface area contributed by atoms with Gasteiger partial charge in [0.15, 0.2) is 5.65 Å². The molecule has 4 aromatic rings. The molecule has 2 aliphatic carbocycles. The van der Waals surface area contributed by atoms with E-state index in [9.17, 15) is 0 Å². The molecule has 0 aliphatic heterocycles. The van der Waals surface area contributed by atoms with Crippen LogP contribution in [0.3, 0.4) is 0 Å². The smallest absolute Gasteiger partial charge is 0.170 e. The molecule has 0 saturated heterocycles. The van der Waals surface area contributed by atoms with E-state index >= 15 is 0 Å². The lowest BCUT2D eigenvalue weighted by atomic mass is 9.72. The predicted octanol–water partition coefficient (Wildman–Crippen LogP) is 6.06. The summed E-state index contributed by atoms with van der Waals surface area (Å²) in [5.74, 6) is 1.63. The van der Waals surface area contributed by atoms with Crippen LogP contribution in [0.15, 0.2) is 73.4 Å². The molecule has 5 nitrogen and oxygen atoms in total. The fourth-order valence-corrected chi connectivity index (χ4v) is 4.62. The van der Waals surface area contributed by atoms with Gasteiger partial charge in [0.1, 0.15) is 5.82 Å². The zero-order valence-corrected chi connectivity index (χ0v) is 20.9. The SMILES string of the molecule is C=Cc1c(N)ccn2c(C3CC3)nnc12.Cl.NC1(c2ccc(CCc3ccccc3)cc2)CCC1. The maximum absolute atomic E-state index is 6.34. The third-order valence-corrected chi connectivity index (χ3v) is 7.14. The Kier molecular flexibility index (Phi) is 7.58. The normalized spacial score (nSPS) is 15.9. The first-order chi connectivity index (χ1) is 16.6. The molecule has 2 aromatic heterocycles. The lowest BCUT2D eigenvalue weighted by Crippen LogP contribution is -2.43. The molecule has 4 N–H and O–H groups in total. The number of aryl methyl sites for hydroxylation is 2. The number of halogens is 1. The van der Waals surface area contributed by atoms with Gasteiger partial charge in [-0.15, -0.1) is 22.6 Å². The maximum Gasteiger partial charge on any atom is 0.170 e. The van der Waals surface area contributed by atoms with Crippen molar-refractivity contribution >= 4 is 29.8 Å². The zero-order chi connectivity index (χ0) is 23.5. The standard InChI is InChI=1S/C18H21N.C11H12N4.ClH/c19-18(13-4-14-18)17-11-9-16(10-12-17)8-7-15-5-2-1-3-6-15;1-2-8-9(12)5-6-15-10(7-3-4-7)13-14-11(8)15;/h1-3,5-6,9-12H,4,7-8,13-14,19H2;2,5-7H,1,3-4,12H2;1H. The average Bonchev–Trinajstić information content (AvgIpc) is 3.61. The number of hydrogen-bond donors (Lipinski definition) is 2. The predicted molar refractivity (Wildman–Crippen MR) is 147 cm³/mol. The van der Waals surface area contributed by atoms with Gasteiger partial charge in [-0.3, -0.25) is 4.40 Å². The highest BCUT2D eigenvalue weighted by Crippen LogP contribution is 2.39. The maximum atomic E-state index is 6.34. The van der Waals surface area contributed by atoms with Gasteiger partial charge < -0.3 is 11.5 Å². The molecule has 2 heterocycles. The van der Waals surface area contributed by atoms with E-state index in [0.29, 0.717) is 11.6 Å². The highest BCUT2D eigenvalue weighted by atomic mass is 35.5. The van der Waals surface area contributed by atoms with Crippen LogP contribution in [0.2, 0.25) is 0 Å². The first kappa shape index (κ1) is 25.0. The van der Waals surface area contributed by atoms with Gasteiger partial charge in [0, 0.05) is 28.9 Å². The van der Waals surface area contributed by atoms with Gasteiger partial charge in [-0.1, -0.05) is 67.3 Å². The fraction of sp³-hybridized carbons (Fsp3) is 0.310. The van der Waals surface area contributed by atoms with Crippen molar-refractivity contribution in [3.8, 4) is 0 Å². The van der Waals surface area contributed by atoms with E-state index in [1.165, 1.54) is 36.0 Å². The Labute approximate surface area is 213 Å². The van der Waals surface area contributed by atoms with Crippen LogP contribution in [0.25, 0.3) is 11.7 Å². The van der Waals surface area contributed by atoms with Crippen molar-refractivity contribution in [3.05, 3.63) is 102 Å². The summed E-state index contributed by atoms with van der Waals surface area (Å²) >= 11 is 0. The summed E-state index contributed by atoms with van der Waals surface area (Å²) in [5, 5.41) is 8.39. The highest BCUT2D eigenvalue weighted by molar-refractivity contribution is 5.85. The van der Waals surface area contributed by atoms with Crippen LogP contribution in [0.4, 0.5) is 5.69 Å². The number of nitrogens with two attached hydrogens (primary N) is 2. The Morgan fingerprint density at radius 3 is 2.17 bits per heavy atom. The molecule has 6 rings (SSSR count).